The van der Waals surface area contributed by atoms with E-state index in [4.69, 9.17) is 28.4 Å². The van der Waals surface area contributed by atoms with E-state index in [1.807, 2.05) is 0 Å². The lowest BCUT2D eigenvalue weighted by atomic mass is 10.1. The van der Waals surface area contributed by atoms with Crippen LogP contribution in [0, 0.1) is 5.82 Å². The van der Waals surface area contributed by atoms with Gasteiger partial charge in [0.1, 0.15) is 0 Å². The summed E-state index contributed by atoms with van der Waals surface area (Å²) in [6.07, 6.45) is 3.30. The molecule has 0 bridgehead atoms. The molecule has 37 heavy (non-hydrogen) atoms. The van der Waals surface area contributed by atoms with Crippen molar-refractivity contribution in [2.45, 2.75) is 4.90 Å². The molecule has 3 aromatic rings. The molecule has 0 spiro atoms. The van der Waals surface area contributed by atoms with Crippen molar-refractivity contribution < 1.29 is 41.2 Å². The molecule has 0 fully saturated rings. The number of ether oxygens (including phenoxy) is 6. The highest BCUT2D eigenvalue weighted by molar-refractivity contribution is 7.92. The van der Waals surface area contributed by atoms with E-state index in [-0.39, 0.29) is 22.1 Å². The Morgan fingerprint density at radius 1 is 0.649 bits per heavy atom. The lowest BCUT2D eigenvalue weighted by molar-refractivity contribution is 0.324. The minimum absolute atomic E-state index is 0.0816. The molecule has 0 saturated carbocycles. The predicted molar refractivity (Wildman–Crippen MR) is 138 cm³/mol. The van der Waals surface area contributed by atoms with Crippen molar-refractivity contribution in [3.8, 4) is 34.5 Å². The third kappa shape index (κ3) is 6.00. The van der Waals surface area contributed by atoms with Crippen LogP contribution in [-0.4, -0.2) is 51.1 Å². The highest BCUT2D eigenvalue weighted by atomic mass is 32.2. The first kappa shape index (κ1) is 27.5. The van der Waals surface area contributed by atoms with Gasteiger partial charge in [0, 0.05) is 6.07 Å². The molecule has 3 rings (SSSR count). The van der Waals surface area contributed by atoms with Crippen LogP contribution in [0.4, 0.5) is 10.1 Å². The normalized spacial score (nSPS) is 11.2. The van der Waals surface area contributed by atoms with Crippen LogP contribution in [-0.2, 0) is 10.0 Å². The minimum Gasteiger partial charge on any atom is -0.493 e. The number of hydrogen-bond acceptors (Lipinski definition) is 8. The molecule has 0 amide bonds. The summed E-state index contributed by atoms with van der Waals surface area (Å²) in [5, 5.41) is 0. The molecule has 1 N–H and O–H groups in total. The molecule has 0 saturated heterocycles. The monoisotopic (exact) mass is 533 g/mol. The van der Waals surface area contributed by atoms with Crippen LogP contribution < -0.4 is 33.1 Å². The molecule has 0 radical (unpaired) electrons. The maximum atomic E-state index is 14.9. The second-order valence-corrected chi connectivity index (χ2v) is 9.18. The van der Waals surface area contributed by atoms with Gasteiger partial charge < -0.3 is 28.4 Å². The molecular weight excluding hydrogens is 505 g/mol. The topological polar surface area (TPSA) is 102 Å². The lowest BCUT2D eigenvalue weighted by Gasteiger charge is -2.15. The van der Waals surface area contributed by atoms with Gasteiger partial charge in [-0.3, -0.25) is 4.72 Å². The Hall–Kier alpha value is -4.12. The van der Waals surface area contributed by atoms with Gasteiger partial charge in [0.05, 0.1) is 53.2 Å². The second kappa shape index (κ2) is 11.7. The molecule has 0 aliphatic heterocycles. The quantitative estimate of drug-likeness (QED) is 0.349. The summed E-state index contributed by atoms with van der Waals surface area (Å²) in [6.45, 7) is 0. The zero-order valence-electron chi connectivity index (χ0n) is 21.2. The zero-order chi connectivity index (χ0) is 27.2. The molecule has 3 aromatic carbocycles. The summed E-state index contributed by atoms with van der Waals surface area (Å²) >= 11 is 0. The third-order valence-electron chi connectivity index (χ3n) is 5.33. The maximum Gasteiger partial charge on any atom is 0.262 e. The summed E-state index contributed by atoms with van der Waals surface area (Å²) in [5.41, 5.74) is 0.970. The van der Waals surface area contributed by atoms with Gasteiger partial charge in [0.2, 0.25) is 5.75 Å². The molecule has 11 heteroatoms. The fraction of sp³-hybridized carbons (Fsp3) is 0.231. The number of methoxy groups -OCH3 is 6. The summed E-state index contributed by atoms with van der Waals surface area (Å²) in [7, 11) is 4.45. The number of rotatable bonds is 11. The highest BCUT2D eigenvalue weighted by Crippen LogP contribution is 2.39. The van der Waals surface area contributed by atoms with E-state index in [1.54, 1.807) is 24.3 Å². The average molecular weight is 534 g/mol. The van der Waals surface area contributed by atoms with Crippen LogP contribution in [0.25, 0.3) is 12.2 Å². The highest BCUT2D eigenvalue weighted by Gasteiger charge is 2.21. The molecule has 0 heterocycles. The third-order valence-corrected chi connectivity index (χ3v) is 6.70. The first-order valence-electron chi connectivity index (χ1n) is 10.8. The van der Waals surface area contributed by atoms with Gasteiger partial charge in [0.25, 0.3) is 10.0 Å². The van der Waals surface area contributed by atoms with E-state index in [2.05, 4.69) is 4.72 Å². The largest absolute Gasteiger partial charge is 0.493 e. The summed E-state index contributed by atoms with van der Waals surface area (Å²) in [4.78, 5) is -0.106. The van der Waals surface area contributed by atoms with Crippen molar-refractivity contribution in [1.29, 1.82) is 0 Å². The van der Waals surface area contributed by atoms with Gasteiger partial charge >= 0.3 is 0 Å². The SMILES string of the molecule is COc1ccc(S(=O)(=O)Nc2cc(/C=C\c3cc(OC)c(OC)c(OC)c3)cc(F)c2OC)cc1OC. The Kier molecular flexibility index (Phi) is 8.72. The van der Waals surface area contributed by atoms with Gasteiger partial charge in [-0.25, -0.2) is 12.8 Å². The molecule has 0 unspecified atom stereocenters. The number of anilines is 1. The van der Waals surface area contributed by atoms with Gasteiger partial charge in [-0.2, -0.15) is 0 Å². The van der Waals surface area contributed by atoms with E-state index in [0.29, 0.717) is 34.1 Å². The Balaban J connectivity index is 2.00. The molecule has 198 valence electrons. The van der Waals surface area contributed by atoms with Crippen molar-refractivity contribution in [3.63, 3.8) is 0 Å². The Morgan fingerprint density at radius 3 is 1.70 bits per heavy atom. The zero-order valence-corrected chi connectivity index (χ0v) is 22.1. The molecule has 9 nitrogen and oxygen atoms in total. The number of sulfonamides is 1. The fourth-order valence-corrected chi connectivity index (χ4v) is 4.64. The van der Waals surface area contributed by atoms with Crippen LogP contribution >= 0.6 is 0 Å². The van der Waals surface area contributed by atoms with Gasteiger partial charge in [-0.05, 0) is 47.5 Å². The van der Waals surface area contributed by atoms with Crippen LogP contribution in [0.1, 0.15) is 11.1 Å². The smallest absolute Gasteiger partial charge is 0.262 e. The summed E-state index contributed by atoms with van der Waals surface area (Å²) in [6, 6.07) is 10.2. The Labute approximate surface area is 215 Å². The molecular formula is C26H28FNO8S. The van der Waals surface area contributed by atoms with Crippen molar-refractivity contribution in [3.05, 3.63) is 59.4 Å². The lowest BCUT2D eigenvalue weighted by Crippen LogP contribution is -2.14. The number of benzene rings is 3. The van der Waals surface area contributed by atoms with Crippen LogP contribution in [0.3, 0.4) is 0 Å². The summed E-state index contributed by atoms with van der Waals surface area (Å²) in [5.74, 6) is 0.921. The van der Waals surface area contributed by atoms with Gasteiger partial charge in [-0.15, -0.1) is 0 Å². The first-order valence-corrected chi connectivity index (χ1v) is 12.3. The van der Waals surface area contributed by atoms with Gasteiger partial charge in [-0.1, -0.05) is 12.2 Å². The van der Waals surface area contributed by atoms with E-state index in [1.165, 1.54) is 73.0 Å². The van der Waals surface area contributed by atoms with E-state index >= 15 is 0 Å². The Morgan fingerprint density at radius 2 is 1.19 bits per heavy atom. The fourth-order valence-electron chi connectivity index (χ4n) is 3.57. The van der Waals surface area contributed by atoms with Gasteiger partial charge in [0.15, 0.2) is 34.6 Å². The van der Waals surface area contributed by atoms with Crippen molar-refractivity contribution >= 4 is 27.9 Å². The number of hydrogen-bond donors (Lipinski definition) is 1. The standard InChI is InChI=1S/C26H28FNO8S/c1-31-21-10-9-18(15-22(21)32-2)37(29,30)28-20-12-16(11-19(27)25(20)35-5)7-8-17-13-23(33-3)26(36-6)24(14-17)34-4/h7-15,28H,1-6H3/b8-7-. The van der Waals surface area contributed by atoms with E-state index < -0.39 is 15.8 Å². The Bertz CT molecular complexity index is 1380. The number of nitrogens with one attached hydrogen (secondary N) is 1. The molecule has 0 aromatic heterocycles. The van der Waals surface area contributed by atoms with Crippen molar-refractivity contribution in [1.82, 2.24) is 0 Å². The van der Waals surface area contributed by atoms with E-state index in [0.717, 1.165) is 0 Å². The van der Waals surface area contributed by atoms with Crippen molar-refractivity contribution in [2.24, 2.45) is 0 Å². The molecule has 0 atom stereocenters. The molecule has 0 aliphatic carbocycles. The molecule has 0 aliphatic rings. The van der Waals surface area contributed by atoms with Crippen molar-refractivity contribution in [2.75, 3.05) is 47.4 Å². The van der Waals surface area contributed by atoms with E-state index in [9.17, 15) is 12.8 Å². The van der Waals surface area contributed by atoms with Crippen LogP contribution in [0.5, 0.6) is 34.5 Å². The summed E-state index contributed by atoms with van der Waals surface area (Å²) < 4.78 is 75.0. The first-order chi connectivity index (χ1) is 17.7. The van der Waals surface area contributed by atoms with Crippen LogP contribution in [0.2, 0.25) is 0 Å². The predicted octanol–water partition coefficient (Wildman–Crippen LogP) is 4.85. The second-order valence-electron chi connectivity index (χ2n) is 7.50. The van der Waals surface area contributed by atoms with Crippen LogP contribution in [0.15, 0.2) is 47.4 Å². The maximum absolute atomic E-state index is 14.9. The minimum atomic E-state index is -4.13. The average Bonchev–Trinajstić information content (AvgIpc) is 2.90. The number of halogens is 1.